The Hall–Kier alpha value is -1.87. The predicted molar refractivity (Wildman–Crippen MR) is 84.8 cm³/mol. The van der Waals surface area contributed by atoms with E-state index in [1.165, 1.54) is 5.56 Å². The van der Waals surface area contributed by atoms with Crippen LogP contribution in [0.2, 0.25) is 0 Å². The molecule has 0 amide bonds. The monoisotopic (exact) mass is 285 g/mol. The van der Waals surface area contributed by atoms with Gasteiger partial charge in [0.15, 0.2) is 0 Å². The van der Waals surface area contributed by atoms with E-state index in [1.54, 1.807) is 0 Å². The molecule has 1 aromatic rings. The van der Waals surface area contributed by atoms with Crippen molar-refractivity contribution in [2.24, 2.45) is 0 Å². The number of benzene rings is 1. The highest BCUT2D eigenvalue weighted by Gasteiger charge is 2.17. The Balaban J connectivity index is 2.11. The standard InChI is InChI=1S/C18H23NO2/c1-3-21-18(20)17-12-15(2)8-7-11-19(14-17)13-16-9-5-4-6-10-16/h4-6,8-10,12H,3,7,11,13-14H2,1-2H3/b15-8-,17-12+. The van der Waals surface area contributed by atoms with Crippen LogP contribution in [0.1, 0.15) is 25.8 Å². The Morgan fingerprint density at radius 3 is 2.76 bits per heavy atom. The zero-order chi connectivity index (χ0) is 15.1. The van der Waals surface area contributed by atoms with Gasteiger partial charge in [0, 0.05) is 19.6 Å². The fourth-order valence-electron chi connectivity index (χ4n) is 2.50. The van der Waals surface area contributed by atoms with Gasteiger partial charge in [-0.05, 0) is 31.9 Å². The molecule has 0 saturated heterocycles. The third-order valence-electron chi connectivity index (χ3n) is 3.49. The average molecular weight is 285 g/mol. The van der Waals surface area contributed by atoms with Crippen LogP contribution in [-0.4, -0.2) is 30.6 Å². The Morgan fingerprint density at radius 2 is 2.05 bits per heavy atom. The van der Waals surface area contributed by atoms with Crippen LogP contribution in [0.3, 0.4) is 0 Å². The van der Waals surface area contributed by atoms with Crippen LogP contribution in [0.4, 0.5) is 0 Å². The van der Waals surface area contributed by atoms with Gasteiger partial charge < -0.3 is 4.74 Å². The van der Waals surface area contributed by atoms with Crippen molar-refractivity contribution in [1.82, 2.24) is 4.90 Å². The zero-order valence-corrected chi connectivity index (χ0v) is 12.8. The van der Waals surface area contributed by atoms with Crippen LogP contribution in [0.25, 0.3) is 0 Å². The fraction of sp³-hybridized carbons (Fsp3) is 0.389. The molecule has 1 aliphatic rings. The molecule has 0 aliphatic carbocycles. The molecule has 112 valence electrons. The topological polar surface area (TPSA) is 29.5 Å². The van der Waals surface area contributed by atoms with Crippen LogP contribution in [0.5, 0.6) is 0 Å². The number of carbonyl (C=O) groups excluding carboxylic acids is 1. The van der Waals surface area contributed by atoms with Crippen LogP contribution in [0, 0.1) is 0 Å². The first kappa shape index (κ1) is 15.5. The van der Waals surface area contributed by atoms with Crippen molar-refractivity contribution in [2.75, 3.05) is 19.7 Å². The molecule has 0 radical (unpaired) electrons. The molecule has 3 heteroatoms. The Kier molecular flexibility index (Phi) is 5.76. The number of esters is 1. The molecule has 0 spiro atoms. The van der Waals surface area contributed by atoms with Gasteiger partial charge >= 0.3 is 5.97 Å². The van der Waals surface area contributed by atoms with Crippen LogP contribution in [-0.2, 0) is 16.1 Å². The van der Waals surface area contributed by atoms with E-state index in [9.17, 15) is 4.79 Å². The highest BCUT2D eigenvalue weighted by molar-refractivity contribution is 5.89. The average Bonchev–Trinajstić information content (AvgIpc) is 2.45. The summed E-state index contributed by atoms with van der Waals surface area (Å²) >= 11 is 0. The van der Waals surface area contributed by atoms with E-state index in [-0.39, 0.29) is 5.97 Å². The highest BCUT2D eigenvalue weighted by Crippen LogP contribution is 2.15. The lowest BCUT2D eigenvalue weighted by Gasteiger charge is -2.24. The maximum Gasteiger partial charge on any atom is 0.335 e. The largest absolute Gasteiger partial charge is 0.463 e. The Morgan fingerprint density at radius 1 is 1.29 bits per heavy atom. The summed E-state index contributed by atoms with van der Waals surface area (Å²) in [5, 5.41) is 0. The third-order valence-corrected chi connectivity index (χ3v) is 3.49. The minimum atomic E-state index is -0.204. The zero-order valence-electron chi connectivity index (χ0n) is 12.8. The lowest BCUT2D eigenvalue weighted by molar-refractivity contribution is -0.138. The molecule has 0 fully saturated rings. The number of hydrogen-bond acceptors (Lipinski definition) is 3. The summed E-state index contributed by atoms with van der Waals surface area (Å²) in [4.78, 5) is 14.4. The van der Waals surface area contributed by atoms with Crippen LogP contribution < -0.4 is 0 Å². The van der Waals surface area contributed by atoms with Gasteiger partial charge in [-0.2, -0.15) is 0 Å². The van der Waals surface area contributed by atoms with E-state index in [1.807, 2.05) is 38.1 Å². The van der Waals surface area contributed by atoms with Crippen molar-refractivity contribution in [2.45, 2.75) is 26.8 Å². The number of hydrogen-bond donors (Lipinski definition) is 0. The van der Waals surface area contributed by atoms with Crippen molar-refractivity contribution in [1.29, 1.82) is 0 Å². The first-order valence-electron chi connectivity index (χ1n) is 7.49. The molecule has 0 bridgehead atoms. The van der Waals surface area contributed by atoms with Crippen molar-refractivity contribution < 1.29 is 9.53 Å². The second-order valence-electron chi connectivity index (χ2n) is 5.32. The summed E-state index contributed by atoms with van der Waals surface area (Å²) in [6, 6.07) is 10.4. The molecule has 2 rings (SSSR count). The minimum Gasteiger partial charge on any atom is -0.463 e. The number of nitrogens with zero attached hydrogens (tertiary/aromatic N) is 1. The van der Waals surface area contributed by atoms with Crippen LogP contribution in [0.15, 0.2) is 53.6 Å². The van der Waals surface area contributed by atoms with Crippen molar-refractivity contribution in [3.63, 3.8) is 0 Å². The maximum absolute atomic E-state index is 12.1. The summed E-state index contributed by atoms with van der Waals surface area (Å²) in [6.07, 6.45) is 5.14. The van der Waals surface area contributed by atoms with E-state index in [0.29, 0.717) is 13.2 Å². The van der Waals surface area contributed by atoms with E-state index in [2.05, 4.69) is 23.1 Å². The molecule has 1 heterocycles. The number of carbonyl (C=O) groups is 1. The highest BCUT2D eigenvalue weighted by atomic mass is 16.5. The van der Waals surface area contributed by atoms with Crippen molar-refractivity contribution in [3.8, 4) is 0 Å². The molecule has 0 aromatic heterocycles. The maximum atomic E-state index is 12.1. The summed E-state index contributed by atoms with van der Waals surface area (Å²) in [7, 11) is 0. The van der Waals surface area contributed by atoms with Crippen molar-refractivity contribution >= 4 is 5.97 Å². The molecular formula is C18H23NO2. The minimum absolute atomic E-state index is 0.204. The first-order chi connectivity index (χ1) is 10.2. The van der Waals surface area contributed by atoms with Gasteiger partial charge in [0.2, 0.25) is 0 Å². The smallest absolute Gasteiger partial charge is 0.335 e. The Labute approximate surface area is 126 Å². The van der Waals surface area contributed by atoms with Gasteiger partial charge in [-0.3, -0.25) is 4.90 Å². The van der Waals surface area contributed by atoms with Gasteiger partial charge in [0.05, 0.1) is 12.2 Å². The second-order valence-corrected chi connectivity index (χ2v) is 5.32. The predicted octanol–water partition coefficient (Wildman–Crippen LogP) is 3.33. The molecule has 1 aromatic carbocycles. The normalized spacial score (nSPS) is 21.4. The molecule has 0 N–H and O–H groups in total. The van der Waals surface area contributed by atoms with Gasteiger partial charge in [-0.1, -0.05) is 42.0 Å². The summed E-state index contributed by atoms with van der Waals surface area (Å²) in [5.41, 5.74) is 3.14. The molecule has 3 nitrogen and oxygen atoms in total. The summed E-state index contributed by atoms with van der Waals surface area (Å²) in [6.45, 7) is 6.72. The van der Waals surface area contributed by atoms with Crippen molar-refractivity contribution in [3.05, 3.63) is 59.2 Å². The quantitative estimate of drug-likeness (QED) is 0.795. The first-order valence-corrected chi connectivity index (χ1v) is 7.49. The third kappa shape index (κ3) is 4.87. The van der Waals surface area contributed by atoms with Gasteiger partial charge in [-0.25, -0.2) is 4.79 Å². The SMILES string of the molecule is CCOC(=O)/C1=C/C(C)=C\CCN(Cc2ccccc2)C1. The van der Waals surface area contributed by atoms with Gasteiger partial charge in [-0.15, -0.1) is 0 Å². The lowest BCUT2D eigenvalue weighted by Crippen LogP contribution is -2.30. The number of rotatable bonds is 4. The molecule has 1 aliphatic heterocycles. The lowest BCUT2D eigenvalue weighted by atomic mass is 10.1. The van der Waals surface area contributed by atoms with E-state index < -0.39 is 0 Å². The second kappa shape index (κ2) is 7.79. The van der Waals surface area contributed by atoms with Crippen LogP contribution >= 0.6 is 0 Å². The summed E-state index contributed by atoms with van der Waals surface area (Å²) in [5.74, 6) is -0.204. The van der Waals surface area contributed by atoms with Gasteiger partial charge in [0.1, 0.15) is 0 Å². The number of allylic oxidation sites excluding steroid dienone is 2. The summed E-state index contributed by atoms with van der Waals surface area (Å²) < 4.78 is 5.16. The molecule has 0 unspecified atom stereocenters. The van der Waals surface area contributed by atoms with E-state index in [4.69, 9.17) is 4.74 Å². The van der Waals surface area contributed by atoms with E-state index >= 15 is 0 Å². The Bertz CT molecular complexity index is 531. The molecular weight excluding hydrogens is 262 g/mol. The molecule has 0 saturated carbocycles. The molecule has 21 heavy (non-hydrogen) atoms. The van der Waals surface area contributed by atoms with E-state index in [0.717, 1.165) is 30.7 Å². The number of ether oxygens (including phenoxy) is 1. The fourth-order valence-corrected chi connectivity index (χ4v) is 2.50. The van der Waals surface area contributed by atoms with Gasteiger partial charge in [0.25, 0.3) is 0 Å². The molecule has 0 atom stereocenters.